The van der Waals surface area contributed by atoms with Crippen LogP contribution in [0.3, 0.4) is 0 Å². The highest BCUT2D eigenvalue weighted by Gasteiger charge is 2.54. The van der Waals surface area contributed by atoms with Crippen LogP contribution < -0.4 is 5.32 Å². The third-order valence-corrected chi connectivity index (χ3v) is 4.58. The molecule has 1 N–H and O–H groups in total. The fourth-order valence-electron chi connectivity index (χ4n) is 3.80. The highest BCUT2D eigenvalue weighted by Crippen LogP contribution is 2.60. The fourth-order valence-corrected chi connectivity index (χ4v) is 3.80. The van der Waals surface area contributed by atoms with Gasteiger partial charge in [0, 0.05) is 18.4 Å². The van der Waals surface area contributed by atoms with Gasteiger partial charge in [-0.2, -0.15) is 0 Å². The molecule has 2 nitrogen and oxygen atoms in total. The molecule has 92 valence electrons. The minimum Gasteiger partial charge on any atom is -0.310 e. The first-order valence-corrected chi connectivity index (χ1v) is 7.05. The number of aromatic nitrogens is 1. The predicted molar refractivity (Wildman–Crippen MR) is 69.6 cm³/mol. The van der Waals surface area contributed by atoms with Crippen molar-refractivity contribution in [3.05, 3.63) is 30.1 Å². The van der Waals surface area contributed by atoms with E-state index in [2.05, 4.69) is 29.4 Å². The Morgan fingerprint density at radius 1 is 1.35 bits per heavy atom. The van der Waals surface area contributed by atoms with Crippen LogP contribution in [0.25, 0.3) is 0 Å². The molecular weight excluding hydrogens is 208 g/mol. The van der Waals surface area contributed by atoms with Crippen LogP contribution in [0.1, 0.15) is 44.2 Å². The topological polar surface area (TPSA) is 24.9 Å². The summed E-state index contributed by atoms with van der Waals surface area (Å²) in [5.74, 6) is 2.86. The van der Waals surface area contributed by atoms with Crippen molar-refractivity contribution in [1.82, 2.24) is 10.3 Å². The molecule has 0 amide bonds. The molecule has 17 heavy (non-hydrogen) atoms. The summed E-state index contributed by atoms with van der Waals surface area (Å²) < 4.78 is 0. The highest BCUT2D eigenvalue weighted by molar-refractivity contribution is 5.20. The maximum Gasteiger partial charge on any atom is 0.0369 e. The van der Waals surface area contributed by atoms with Crippen molar-refractivity contribution < 1.29 is 0 Å². The van der Waals surface area contributed by atoms with Crippen molar-refractivity contribution in [1.29, 1.82) is 0 Å². The van der Waals surface area contributed by atoms with E-state index < -0.39 is 0 Å². The fraction of sp³-hybridized carbons (Fsp3) is 0.667. The second kappa shape index (κ2) is 4.77. The van der Waals surface area contributed by atoms with Gasteiger partial charge in [0.1, 0.15) is 0 Å². The largest absolute Gasteiger partial charge is 0.310 e. The SMILES string of the molecule is CCNC(c1cccnc1)C1C2CCCCC21. The van der Waals surface area contributed by atoms with Crippen molar-refractivity contribution in [3.63, 3.8) is 0 Å². The summed E-state index contributed by atoms with van der Waals surface area (Å²) in [5, 5.41) is 3.68. The molecule has 1 aromatic rings. The van der Waals surface area contributed by atoms with Crippen LogP contribution in [0.4, 0.5) is 0 Å². The minimum atomic E-state index is 0.543. The van der Waals surface area contributed by atoms with Gasteiger partial charge in [-0.05, 0) is 48.8 Å². The Labute approximate surface area is 104 Å². The van der Waals surface area contributed by atoms with E-state index in [0.717, 1.165) is 24.3 Å². The Hall–Kier alpha value is -0.890. The normalized spacial score (nSPS) is 32.9. The molecule has 3 atom stereocenters. The third kappa shape index (κ3) is 2.11. The van der Waals surface area contributed by atoms with Crippen LogP contribution >= 0.6 is 0 Å². The molecule has 1 heterocycles. The van der Waals surface area contributed by atoms with Gasteiger partial charge in [-0.15, -0.1) is 0 Å². The average Bonchev–Trinajstić information content (AvgIpc) is 3.11. The summed E-state index contributed by atoms with van der Waals surface area (Å²) in [6.07, 6.45) is 9.71. The van der Waals surface area contributed by atoms with Crippen molar-refractivity contribution in [2.45, 2.75) is 38.6 Å². The van der Waals surface area contributed by atoms with E-state index in [4.69, 9.17) is 0 Å². The first kappa shape index (κ1) is 11.2. The Morgan fingerprint density at radius 3 is 2.71 bits per heavy atom. The van der Waals surface area contributed by atoms with Gasteiger partial charge in [0.05, 0.1) is 0 Å². The van der Waals surface area contributed by atoms with Crippen molar-refractivity contribution in [2.24, 2.45) is 17.8 Å². The van der Waals surface area contributed by atoms with Gasteiger partial charge in [-0.25, -0.2) is 0 Å². The summed E-state index contributed by atoms with van der Waals surface area (Å²) in [6.45, 7) is 3.25. The van der Waals surface area contributed by atoms with E-state index in [1.165, 1.54) is 31.2 Å². The molecule has 2 heteroatoms. The molecule has 0 aliphatic heterocycles. The molecule has 3 unspecified atom stereocenters. The number of rotatable bonds is 4. The zero-order valence-corrected chi connectivity index (χ0v) is 10.6. The lowest BCUT2D eigenvalue weighted by atomic mass is 10.0. The lowest BCUT2D eigenvalue weighted by Crippen LogP contribution is -2.24. The van der Waals surface area contributed by atoms with Gasteiger partial charge in [0.2, 0.25) is 0 Å². The summed E-state index contributed by atoms with van der Waals surface area (Å²) in [6, 6.07) is 4.83. The molecule has 2 aliphatic rings. The van der Waals surface area contributed by atoms with Crippen LogP contribution in [0.2, 0.25) is 0 Å². The lowest BCUT2D eigenvalue weighted by Gasteiger charge is -2.18. The molecule has 1 aromatic heterocycles. The monoisotopic (exact) mass is 230 g/mol. The van der Waals surface area contributed by atoms with Crippen molar-refractivity contribution in [2.75, 3.05) is 6.54 Å². The van der Waals surface area contributed by atoms with E-state index in [1.807, 2.05) is 12.4 Å². The lowest BCUT2D eigenvalue weighted by molar-refractivity contribution is 0.455. The summed E-state index contributed by atoms with van der Waals surface area (Å²) in [7, 11) is 0. The maximum atomic E-state index is 4.28. The number of fused-ring (bicyclic) bond motifs is 1. The number of nitrogens with zero attached hydrogens (tertiary/aromatic N) is 1. The molecule has 0 bridgehead atoms. The van der Waals surface area contributed by atoms with Crippen LogP contribution in [0.5, 0.6) is 0 Å². The van der Waals surface area contributed by atoms with Crippen LogP contribution in [0.15, 0.2) is 24.5 Å². The molecule has 2 fully saturated rings. The van der Waals surface area contributed by atoms with Crippen molar-refractivity contribution in [3.8, 4) is 0 Å². The quantitative estimate of drug-likeness (QED) is 0.859. The molecule has 3 rings (SSSR count). The smallest absolute Gasteiger partial charge is 0.0369 e. The second-order valence-electron chi connectivity index (χ2n) is 5.51. The van der Waals surface area contributed by atoms with E-state index in [0.29, 0.717) is 6.04 Å². The predicted octanol–water partition coefficient (Wildman–Crippen LogP) is 3.17. The minimum absolute atomic E-state index is 0.543. The standard InChI is InChI=1S/C15H22N2/c1-2-17-15(11-6-5-9-16-10-11)14-12-7-3-4-8-13(12)14/h5-6,9-10,12-15,17H,2-4,7-8H2,1H3. The zero-order chi connectivity index (χ0) is 11.7. The van der Waals surface area contributed by atoms with E-state index >= 15 is 0 Å². The van der Waals surface area contributed by atoms with Gasteiger partial charge in [-0.3, -0.25) is 4.98 Å². The Kier molecular flexibility index (Phi) is 3.15. The van der Waals surface area contributed by atoms with E-state index in [9.17, 15) is 0 Å². The summed E-state index contributed by atoms with van der Waals surface area (Å²) in [4.78, 5) is 4.28. The molecule has 2 saturated carbocycles. The van der Waals surface area contributed by atoms with Gasteiger partial charge in [0.15, 0.2) is 0 Å². The Morgan fingerprint density at radius 2 is 2.12 bits per heavy atom. The van der Waals surface area contributed by atoms with Crippen LogP contribution in [-0.4, -0.2) is 11.5 Å². The molecule has 0 spiro atoms. The zero-order valence-electron chi connectivity index (χ0n) is 10.6. The second-order valence-corrected chi connectivity index (χ2v) is 5.51. The van der Waals surface area contributed by atoms with Gasteiger partial charge >= 0.3 is 0 Å². The third-order valence-electron chi connectivity index (χ3n) is 4.58. The number of hydrogen-bond donors (Lipinski definition) is 1. The first-order valence-electron chi connectivity index (χ1n) is 7.05. The molecule has 0 saturated heterocycles. The number of nitrogens with one attached hydrogen (secondary N) is 1. The number of pyridine rings is 1. The molecule has 0 radical (unpaired) electrons. The summed E-state index contributed by atoms with van der Waals surface area (Å²) >= 11 is 0. The summed E-state index contributed by atoms with van der Waals surface area (Å²) in [5.41, 5.74) is 1.38. The first-order chi connectivity index (χ1) is 8.42. The Bertz CT molecular complexity index is 350. The highest BCUT2D eigenvalue weighted by atomic mass is 14.9. The number of hydrogen-bond acceptors (Lipinski definition) is 2. The Balaban J connectivity index is 1.77. The maximum absolute atomic E-state index is 4.28. The van der Waals surface area contributed by atoms with E-state index in [1.54, 1.807) is 0 Å². The van der Waals surface area contributed by atoms with Gasteiger partial charge in [0.25, 0.3) is 0 Å². The van der Waals surface area contributed by atoms with Gasteiger partial charge in [-0.1, -0.05) is 25.8 Å². The molecular formula is C15H22N2. The van der Waals surface area contributed by atoms with Gasteiger partial charge < -0.3 is 5.32 Å². The molecule has 2 aliphatic carbocycles. The van der Waals surface area contributed by atoms with E-state index in [-0.39, 0.29) is 0 Å². The average molecular weight is 230 g/mol. The van der Waals surface area contributed by atoms with Crippen LogP contribution in [0, 0.1) is 17.8 Å². The van der Waals surface area contributed by atoms with Crippen molar-refractivity contribution >= 4 is 0 Å². The van der Waals surface area contributed by atoms with Crippen LogP contribution in [-0.2, 0) is 0 Å². The molecule has 0 aromatic carbocycles.